The van der Waals surface area contributed by atoms with Crippen LogP contribution in [0.25, 0.3) is 0 Å². The number of benzene rings is 1. The quantitative estimate of drug-likeness (QED) is 0.521. The van der Waals surface area contributed by atoms with Crippen molar-refractivity contribution in [3.05, 3.63) is 63.7 Å². The molecular formula is C15H13ClN6O4. The van der Waals surface area contributed by atoms with Crippen LogP contribution in [0.2, 0.25) is 5.02 Å². The third-order valence-corrected chi connectivity index (χ3v) is 3.51. The van der Waals surface area contributed by atoms with Crippen molar-refractivity contribution in [1.29, 1.82) is 0 Å². The molecule has 134 valence electrons. The Hall–Kier alpha value is -3.40. The molecule has 0 spiro atoms. The van der Waals surface area contributed by atoms with Gasteiger partial charge in [-0.25, -0.2) is 4.68 Å². The van der Waals surface area contributed by atoms with Gasteiger partial charge in [-0.1, -0.05) is 17.7 Å². The molecule has 2 aromatic heterocycles. The first-order valence-electron chi connectivity index (χ1n) is 7.32. The predicted octanol–water partition coefficient (Wildman–Crippen LogP) is 2.47. The Morgan fingerprint density at radius 1 is 1.42 bits per heavy atom. The fraction of sp³-hybridized carbons (Fsp3) is 0.133. The molecule has 10 nitrogen and oxygen atoms in total. The summed E-state index contributed by atoms with van der Waals surface area (Å²) in [6.07, 6.45) is 4.09. The molecule has 1 N–H and O–H groups in total. The summed E-state index contributed by atoms with van der Waals surface area (Å²) in [6, 6.07) is 6.89. The summed E-state index contributed by atoms with van der Waals surface area (Å²) < 4.78 is 8.18. The topological polar surface area (TPSA) is 117 Å². The second-order valence-corrected chi connectivity index (χ2v) is 5.68. The van der Waals surface area contributed by atoms with E-state index < -0.39 is 10.8 Å². The molecule has 0 aliphatic carbocycles. The van der Waals surface area contributed by atoms with Crippen LogP contribution >= 0.6 is 11.6 Å². The molecule has 0 radical (unpaired) electrons. The van der Waals surface area contributed by atoms with Crippen LogP contribution in [0, 0.1) is 10.1 Å². The van der Waals surface area contributed by atoms with Crippen molar-refractivity contribution >= 4 is 28.9 Å². The lowest BCUT2D eigenvalue weighted by molar-refractivity contribution is -0.385. The highest BCUT2D eigenvalue weighted by atomic mass is 35.5. The number of aryl methyl sites for hydroxylation is 1. The van der Waals surface area contributed by atoms with Crippen LogP contribution in [0.3, 0.4) is 0 Å². The van der Waals surface area contributed by atoms with E-state index in [4.69, 9.17) is 16.3 Å². The number of hydrogen-bond donors (Lipinski definition) is 1. The molecule has 0 fully saturated rings. The van der Waals surface area contributed by atoms with Crippen LogP contribution in [0.1, 0.15) is 10.5 Å². The molecule has 1 aromatic carbocycles. The van der Waals surface area contributed by atoms with Crippen LogP contribution < -0.4 is 10.1 Å². The highest BCUT2D eigenvalue weighted by molar-refractivity contribution is 6.30. The van der Waals surface area contributed by atoms with Gasteiger partial charge in [-0.15, -0.1) is 0 Å². The van der Waals surface area contributed by atoms with Crippen molar-refractivity contribution < 1.29 is 14.5 Å². The second kappa shape index (κ2) is 7.23. The normalized spacial score (nSPS) is 10.5. The molecular weight excluding hydrogens is 364 g/mol. The average molecular weight is 377 g/mol. The maximum Gasteiger partial charge on any atom is 0.320 e. The van der Waals surface area contributed by atoms with Crippen molar-refractivity contribution in [2.24, 2.45) is 7.05 Å². The first-order chi connectivity index (χ1) is 12.4. The minimum absolute atomic E-state index is 0.0972. The molecule has 26 heavy (non-hydrogen) atoms. The van der Waals surface area contributed by atoms with Gasteiger partial charge < -0.3 is 10.1 Å². The minimum atomic E-state index is -0.701. The lowest BCUT2D eigenvalue weighted by atomic mass is 10.3. The number of halogens is 1. The number of carbonyl (C=O) groups excluding carboxylic acids is 1. The van der Waals surface area contributed by atoms with Crippen LogP contribution in [-0.2, 0) is 13.8 Å². The summed E-state index contributed by atoms with van der Waals surface area (Å²) in [5.41, 5.74) is -0.299. The van der Waals surface area contributed by atoms with E-state index in [0.717, 1.165) is 6.20 Å². The Balaban J connectivity index is 1.65. The number of nitrogens with zero attached hydrogens (tertiary/aromatic N) is 5. The summed E-state index contributed by atoms with van der Waals surface area (Å²) in [7, 11) is 1.50. The first kappa shape index (κ1) is 17.4. The van der Waals surface area contributed by atoms with Gasteiger partial charge in [-0.05, 0) is 18.2 Å². The number of nitrogens with one attached hydrogen (secondary N) is 1. The number of amides is 1. The van der Waals surface area contributed by atoms with Crippen molar-refractivity contribution in [3.63, 3.8) is 0 Å². The van der Waals surface area contributed by atoms with Crippen LogP contribution in [0.4, 0.5) is 11.4 Å². The Labute approximate surface area is 152 Å². The molecule has 3 rings (SSSR count). The Bertz CT molecular complexity index is 967. The Morgan fingerprint density at radius 2 is 2.23 bits per heavy atom. The van der Waals surface area contributed by atoms with E-state index in [0.29, 0.717) is 16.5 Å². The zero-order chi connectivity index (χ0) is 18.7. The molecule has 3 aromatic rings. The summed E-state index contributed by atoms with van der Waals surface area (Å²) in [6.45, 7) is 0.0972. The van der Waals surface area contributed by atoms with Gasteiger partial charge in [0.1, 0.15) is 11.9 Å². The van der Waals surface area contributed by atoms with Gasteiger partial charge in [0.15, 0.2) is 6.73 Å². The van der Waals surface area contributed by atoms with Crippen molar-refractivity contribution in [2.45, 2.75) is 6.73 Å². The standard InChI is InChI=1S/C15H13ClN6O4/c1-20-8-13(22(24)25)14(19-20)15(23)18-11-6-17-21(7-11)9-26-12-4-2-3-10(16)5-12/h2-8H,9H2,1H3,(H,18,23). The van der Waals surface area contributed by atoms with E-state index in [9.17, 15) is 14.9 Å². The van der Waals surface area contributed by atoms with Gasteiger partial charge >= 0.3 is 5.69 Å². The molecule has 2 heterocycles. The zero-order valence-corrected chi connectivity index (χ0v) is 14.3. The summed E-state index contributed by atoms with van der Waals surface area (Å²) in [5, 5.41) is 21.9. The van der Waals surface area contributed by atoms with E-state index in [1.54, 1.807) is 24.3 Å². The summed E-state index contributed by atoms with van der Waals surface area (Å²) in [5.74, 6) is -0.129. The maximum atomic E-state index is 12.2. The van der Waals surface area contributed by atoms with Crippen LogP contribution in [-0.4, -0.2) is 30.4 Å². The second-order valence-electron chi connectivity index (χ2n) is 5.25. The molecule has 0 aliphatic rings. The van der Waals surface area contributed by atoms with E-state index in [1.165, 1.54) is 28.8 Å². The van der Waals surface area contributed by atoms with Crippen LogP contribution in [0.5, 0.6) is 5.75 Å². The molecule has 0 unspecified atom stereocenters. The summed E-state index contributed by atoms with van der Waals surface area (Å²) >= 11 is 5.88. The minimum Gasteiger partial charge on any atom is -0.471 e. The van der Waals surface area contributed by atoms with Crippen molar-refractivity contribution in [3.8, 4) is 5.75 Å². The van der Waals surface area contributed by atoms with Crippen molar-refractivity contribution in [1.82, 2.24) is 19.6 Å². The fourth-order valence-electron chi connectivity index (χ4n) is 2.16. The zero-order valence-electron chi connectivity index (χ0n) is 13.5. The SMILES string of the molecule is Cn1cc([N+](=O)[O-])c(C(=O)Nc2cnn(COc3cccc(Cl)c3)c2)n1. The Kier molecular flexibility index (Phi) is 4.85. The van der Waals surface area contributed by atoms with Crippen LogP contribution in [0.15, 0.2) is 42.9 Å². The number of aromatic nitrogens is 4. The van der Waals surface area contributed by atoms with Gasteiger partial charge in [0.25, 0.3) is 5.91 Å². The molecule has 0 atom stereocenters. The smallest absolute Gasteiger partial charge is 0.320 e. The van der Waals surface area contributed by atoms with Gasteiger partial charge in [-0.3, -0.25) is 19.6 Å². The van der Waals surface area contributed by atoms with E-state index in [-0.39, 0.29) is 18.1 Å². The highest BCUT2D eigenvalue weighted by Gasteiger charge is 2.25. The summed E-state index contributed by atoms with van der Waals surface area (Å²) in [4.78, 5) is 22.5. The number of nitro groups is 1. The molecule has 0 saturated carbocycles. The van der Waals surface area contributed by atoms with E-state index in [2.05, 4.69) is 15.5 Å². The lowest BCUT2D eigenvalue weighted by Gasteiger charge is -2.06. The number of carbonyl (C=O) groups is 1. The van der Waals surface area contributed by atoms with Gasteiger partial charge in [0, 0.05) is 12.1 Å². The van der Waals surface area contributed by atoms with Gasteiger partial charge in [-0.2, -0.15) is 10.2 Å². The molecule has 0 aliphatic heterocycles. The fourth-order valence-corrected chi connectivity index (χ4v) is 2.34. The monoisotopic (exact) mass is 376 g/mol. The number of ether oxygens (including phenoxy) is 1. The molecule has 11 heteroatoms. The van der Waals surface area contributed by atoms with Gasteiger partial charge in [0.2, 0.25) is 5.69 Å². The maximum absolute atomic E-state index is 12.2. The number of anilines is 1. The van der Waals surface area contributed by atoms with E-state index in [1.807, 2.05) is 0 Å². The highest BCUT2D eigenvalue weighted by Crippen LogP contribution is 2.19. The van der Waals surface area contributed by atoms with Crippen molar-refractivity contribution in [2.75, 3.05) is 5.32 Å². The Morgan fingerprint density at radius 3 is 2.96 bits per heavy atom. The number of rotatable bonds is 6. The number of hydrogen-bond acceptors (Lipinski definition) is 6. The third kappa shape index (κ3) is 3.98. The van der Waals surface area contributed by atoms with Gasteiger partial charge in [0.05, 0.1) is 23.0 Å². The molecule has 0 bridgehead atoms. The third-order valence-electron chi connectivity index (χ3n) is 3.27. The molecule has 0 saturated heterocycles. The lowest BCUT2D eigenvalue weighted by Crippen LogP contribution is -2.14. The average Bonchev–Trinajstić information content (AvgIpc) is 3.19. The largest absolute Gasteiger partial charge is 0.471 e. The van der Waals surface area contributed by atoms with E-state index >= 15 is 0 Å². The predicted molar refractivity (Wildman–Crippen MR) is 92.1 cm³/mol. The molecule has 1 amide bonds. The first-order valence-corrected chi connectivity index (χ1v) is 7.70.